The first-order valence-electron chi connectivity index (χ1n) is 17.3. The largest absolute Gasteiger partial charge is 0.496 e. The van der Waals surface area contributed by atoms with Gasteiger partial charge >= 0.3 is 11.9 Å². The number of alkyl halides is 3. The van der Waals surface area contributed by atoms with E-state index in [4.69, 9.17) is 19.1 Å². The van der Waals surface area contributed by atoms with Crippen LogP contribution in [0.1, 0.15) is 75.3 Å². The van der Waals surface area contributed by atoms with Crippen LogP contribution in [0, 0.1) is 5.82 Å². The Morgan fingerprint density at radius 1 is 1.02 bits per heavy atom. The molecule has 1 fully saturated rings. The van der Waals surface area contributed by atoms with Crippen molar-refractivity contribution >= 4 is 17.2 Å². The van der Waals surface area contributed by atoms with Crippen molar-refractivity contribution in [2.75, 3.05) is 19.0 Å². The number of hydrogen-bond donors (Lipinski definition) is 2. The van der Waals surface area contributed by atoms with Gasteiger partial charge in [-0.1, -0.05) is 24.3 Å². The van der Waals surface area contributed by atoms with Crippen LogP contribution in [0.15, 0.2) is 70.1 Å². The number of aromatic amines is 1. The Hall–Kier alpha value is -5.99. The summed E-state index contributed by atoms with van der Waals surface area (Å²) < 4.78 is 69.3. The number of nitrogens with one attached hydrogen (secondary N) is 2. The van der Waals surface area contributed by atoms with Gasteiger partial charge in [0.1, 0.15) is 11.6 Å². The lowest BCUT2D eigenvalue weighted by Gasteiger charge is -2.18. The summed E-state index contributed by atoms with van der Waals surface area (Å²) in [6.45, 7) is 0.513. The molecule has 2 aromatic carbocycles. The summed E-state index contributed by atoms with van der Waals surface area (Å²) in [4.78, 5) is 38.2. The average molecular weight is 726 g/mol. The van der Waals surface area contributed by atoms with Crippen LogP contribution in [0.2, 0.25) is 0 Å². The van der Waals surface area contributed by atoms with Gasteiger partial charge in [0.15, 0.2) is 5.65 Å². The monoisotopic (exact) mass is 725 g/mol. The van der Waals surface area contributed by atoms with Gasteiger partial charge in [0.25, 0.3) is 11.8 Å². The molecule has 1 saturated heterocycles. The van der Waals surface area contributed by atoms with Gasteiger partial charge in [-0.2, -0.15) is 13.2 Å². The maximum Gasteiger partial charge on any atom is 0.434 e. The smallest absolute Gasteiger partial charge is 0.434 e. The zero-order valence-corrected chi connectivity index (χ0v) is 28.3. The number of methoxy groups -OCH3 is 1. The number of aromatic nitrogens is 5. The van der Waals surface area contributed by atoms with Gasteiger partial charge in [0, 0.05) is 24.5 Å². The van der Waals surface area contributed by atoms with Crippen molar-refractivity contribution in [2.45, 2.75) is 56.8 Å². The molecule has 0 spiro atoms. The van der Waals surface area contributed by atoms with Gasteiger partial charge in [0.05, 0.1) is 58.7 Å². The molecule has 0 unspecified atom stereocenters. The van der Waals surface area contributed by atoms with Crippen molar-refractivity contribution in [3.8, 4) is 28.5 Å². The van der Waals surface area contributed by atoms with E-state index in [2.05, 4.69) is 15.5 Å². The van der Waals surface area contributed by atoms with E-state index in [1.54, 1.807) is 24.1 Å². The Morgan fingerprint density at radius 2 is 1.85 bits per heavy atom. The summed E-state index contributed by atoms with van der Waals surface area (Å²) in [7, 11) is 1.58. The van der Waals surface area contributed by atoms with Crippen molar-refractivity contribution in [3.05, 3.63) is 116 Å². The minimum Gasteiger partial charge on any atom is -0.496 e. The minimum absolute atomic E-state index is 0.142. The Kier molecular flexibility index (Phi) is 7.64. The Morgan fingerprint density at radius 3 is 2.60 bits per heavy atom. The van der Waals surface area contributed by atoms with Crippen molar-refractivity contribution in [1.82, 2.24) is 29.5 Å². The molecule has 11 nitrogen and oxygen atoms in total. The number of H-pyrrole nitrogens is 1. The fraction of sp³-hybridized carbons (Fsp3) is 0.289. The number of aryl methyl sites for hydroxylation is 2. The molecule has 9 rings (SSSR count). The lowest BCUT2D eigenvalue weighted by molar-refractivity contribution is -0.137. The van der Waals surface area contributed by atoms with Crippen LogP contribution >= 0.6 is 0 Å². The van der Waals surface area contributed by atoms with Gasteiger partial charge in [-0.25, -0.2) is 19.3 Å². The molecule has 0 bridgehead atoms. The zero-order valence-electron chi connectivity index (χ0n) is 28.3. The fourth-order valence-corrected chi connectivity index (χ4v) is 8.10. The molecule has 53 heavy (non-hydrogen) atoms. The Bertz CT molecular complexity index is 2490. The van der Waals surface area contributed by atoms with Crippen molar-refractivity contribution < 1.29 is 31.5 Å². The predicted octanol–water partition coefficient (Wildman–Crippen LogP) is 7.08. The van der Waals surface area contributed by atoms with E-state index in [0.717, 1.165) is 35.4 Å². The van der Waals surface area contributed by atoms with Crippen molar-refractivity contribution in [1.29, 1.82) is 0 Å². The predicted molar refractivity (Wildman–Crippen MR) is 184 cm³/mol. The van der Waals surface area contributed by atoms with Crippen LogP contribution in [0.3, 0.4) is 0 Å². The van der Waals surface area contributed by atoms with E-state index >= 15 is 0 Å². The normalized spacial score (nSPS) is 17.8. The summed E-state index contributed by atoms with van der Waals surface area (Å²) in [6.07, 6.45) is 1.19. The third-order valence-electron chi connectivity index (χ3n) is 10.5. The van der Waals surface area contributed by atoms with Crippen molar-refractivity contribution in [3.63, 3.8) is 0 Å². The SMILES string of the molecule is COc1cccc2c1CC[C@H]2Nc1cc(C(F)(F)F)cn2cc(-c3c4c(nc(CCc5ccc(F)cc5)c3-c3n[nH]c(=O)o3)[C@@H]3CCCN3C4=O)nc12. The Labute approximate surface area is 298 Å². The highest BCUT2D eigenvalue weighted by Crippen LogP contribution is 2.48. The molecule has 6 heterocycles. The lowest BCUT2D eigenvalue weighted by Crippen LogP contribution is -2.23. The van der Waals surface area contributed by atoms with Crippen LogP contribution < -0.4 is 15.8 Å². The fourth-order valence-electron chi connectivity index (χ4n) is 8.10. The summed E-state index contributed by atoms with van der Waals surface area (Å²) in [5.74, 6) is -0.938. The van der Waals surface area contributed by atoms with Crippen molar-refractivity contribution in [2.24, 2.45) is 0 Å². The second-order valence-electron chi connectivity index (χ2n) is 13.5. The molecule has 3 aliphatic rings. The maximum absolute atomic E-state index is 14.4. The van der Waals surface area contributed by atoms with Gasteiger partial charge in [-0.05, 0) is 79.5 Å². The number of amides is 1. The number of halogens is 4. The third kappa shape index (κ3) is 5.52. The molecular weight excluding hydrogens is 694 g/mol. The van der Waals surface area contributed by atoms with E-state index in [9.17, 15) is 27.2 Å². The highest BCUT2D eigenvalue weighted by atomic mass is 19.4. The molecule has 6 aromatic rings. The van der Waals surface area contributed by atoms with Gasteiger partial charge in [-0.3, -0.25) is 9.78 Å². The highest BCUT2D eigenvalue weighted by molar-refractivity contribution is 6.08. The zero-order chi connectivity index (χ0) is 36.6. The number of hydrogen-bond acceptors (Lipinski definition) is 8. The number of pyridine rings is 2. The molecule has 15 heteroatoms. The highest BCUT2D eigenvalue weighted by Gasteiger charge is 2.45. The van der Waals surface area contributed by atoms with Crippen LogP contribution in [-0.4, -0.2) is 49.0 Å². The van der Waals surface area contributed by atoms with Crippen LogP contribution in [-0.2, 0) is 25.4 Å². The molecule has 0 radical (unpaired) electrons. The second-order valence-corrected chi connectivity index (χ2v) is 13.5. The number of fused-ring (bicyclic) bond motifs is 5. The molecule has 1 aliphatic carbocycles. The first kappa shape index (κ1) is 32.9. The molecular formula is C38H31F4N7O4. The third-order valence-corrected chi connectivity index (χ3v) is 10.5. The van der Waals surface area contributed by atoms with E-state index in [0.29, 0.717) is 49.4 Å². The lowest BCUT2D eigenvalue weighted by atomic mass is 9.92. The molecule has 270 valence electrons. The summed E-state index contributed by atoms with van der Waals surface area (Å²) in [6, 6.07) is 12.1. The topological polar surface area (TPSA) is 131 Å². The van der Waals surface area contributed by atoms with Gasteiger partial charge in [-0.15, -0.1) is 5.10 Å². The van der Waals surface area contributed by atoms with Crippen LogP contribution in [0.25, 0.3) is 28.4 Å². The molecule has 1 amide bonds. The minimum atomic E-state index is -4.68. The number of nitrogens with zero attached hydrogens (tertiary/aromatic N) is 5. The number of benzene rings is 2. The van der Waals surface area contributed by atoms with Crippen LogP contribution in [0.5, 0.6) is 5.75 Å². The van der Waals surface area contributed by atoms with Gasteiger partial charge in [0.2, 0.25) is 0 Å². The Balaban J connectivity index is 1.25. The molecule has 2 atom stereocenters. The summed E-state index contributed by atoms with van der Waals surface area (Å²) in [5, 5.41) is 9.74. The number of carbonyl (C=O) groups excluding carboxylic acids is 1. The summed E-state index contributed by atoms with van der Waals surface area (Å²) >= 11 is 0. The average Bonchev–Trinajstić information content (AvgIpc) is 3.98. The second kappa shape index (κ2) is 12.3. The first-order valence-corrected chi connectivity index (χ1v) is 17.3. The van der Waals surface area contributed by atoms with Crippen LogP contribution in [0.4, 0.5) is 23.2 Å². The molecule has 4 aromatic heterocycles. The quantitative estimate of drug-likeness (QED) is 0.159. The van der Waals surface area contributed by atoms with Gasteiger partial charge < -0.3 is 23.8 Å². The summed E-state index contributed by atoms with van der Waals surface area (Å²) in [5.41, 5.74) is 4.07. The van der Waals surface area contributed by atoms with E-state index in [-0.39, 0.29) is 69.8 Å². The number of anilines is 1. The van der Waals surface area contributed by atoms with E-state index in [1.165, 1.54) is 22.7 Å². The first-order chi connectivity index (χ1) is 25.6. The van der Waals surface area contributed by atoms with E-state index < -0.39 is 17.5 Å². The number of rotatable bonds is 8. The standard InChI is InChI=1S/C38H31F4N7O4/c1-52-29-6-2-4-22-23(29)12-14-24(22)43-26-16-20(38(40,41)42)17-48-18-27(45-34(26)48)30-31(35-46-47-37(51)53-35)25(13-9-19-7-10-21(39)11-8-19)44-33-28-5-3-15-49(28)36(50)32(30)33/h2,4,6-8,10-11,16-18,24,28,43H,3,5,9,12-15H2,1H3,(H,47,51)/t24-,28+/m1/s1. The number of carbonyl (C=O) groups is 1. The number of imidazole rings is 1. The number of ether oxygens (including phenoxy) is 1. The maximum atomic E-state index is 14.4. The molecule has 2 aliphatic heterocycles. The van der Waals surface area contributed by atoms with E-state index in [1.807, 2.05) is 18.2 Å². The molecule has 2 N–H and O–H groups in total. The molecule has 0 saturated carbocycles.